The third kappa shape index (κ3) is 9.58. The Bertz CT molecular complexity index is 3570. The summed E-state index contributed by atoms with van der Waals surface area (Å²) in [4.78, 5) is 5.28. The van der Waals surface area contributed by atoms with Gasteiger partial charge in [-0.25, -0.2) is 22.6 Å². The zero-order valence-corrected chi connectivity index (χ0v) is 42.1. The van der Waals surface area contributed by atoms with Crippen LogP contribution in [0.5, 0.6) is 11.5 Å². The lowest BCUT2D eigenvalue weighted by Crippen LogP contribution is -2.41. The number of alkyl halides is 3. The number of aryl methyl sites for hydroxylation is 1. The van der Waals surface area contributed by atoms with Gasteiger partial charge in [-0.3, -0.25) is 0 Å². The molecule has 4 nitrogen and oxygen atoms in total. The third-order valence-electron chi connectivity index (χ3n) is 13.3. The van der Waals surface area contributed by atoms with Crippen LogP contribution in [0.25, 0.3) is 33.7 Å². The highest BCUT2D eigenvalue weighted by Gasteiger charge is 2.46. The molecule has 1 aliphatic rings. The number of aromatic nitrogens is 1. The molecule has 0 saturated heterocycles. The largest absolute Gasteiger partial charge is 0.743 e. The van der Waals surface area contributed by atoms with E-state index in [0.29, 0.717) is 33.5 Å². The summed E-state index contributed by atoms with van der Waals surface area (Å²) < 4.78 is 183. The fourth-order valence-electron chi connectivity index (χ4n) is 9.09. The molecule has 388 valence electrons. The van der Waals surface area contributed by atoms with Crippen molar-refractivity contribution < 1.29 is 57.6 Å². The Balaban J connectivity index is 1.50. The van der Waals surface area contributed by atoms with Crippen LogP contribution in [0.1, 0.15) is 97.3 Å². The van der Waals surface area contributed by atoms with Crippen LogP contribution in [0.4, 0.5) is 48.3 Å². The van der Waals surface area contributed by atoms with Gasteiger partial charge in [-0.05, 0) is 58.6 Å². The Hall–Kier alpha value is -7.88. The minimum Gasteiger partial charge on any atom is -0.502 e. The first-order valence-corrected chi connectivity index (χ1v) is 23.9. The molecule has 8 aromatic rings. The van der Waals surface area contributed by atoms with Crippen molar-refractivity contribution in [1.29, 1.82) is 0 Å². The van der Waals surface area contributed by atoms with Crippen LogP contribution in [0, 0.1) is 60.4 Å². The lowest BCUT2D eigenvalue weighted by molar-refractivity contribution is -0.143. The first kappa shape index (κ1) is 53.0. The van der Waals surface area contributed by atoms with E-state index in [1.165, 1.54) is 0 Å². The molecule has 0 aliphatic carbocycles. The predicted molar refractivity (Wildman–Crippen MR) is 273 cm³/mol. The molecule has 0 N–H and O–H groups in total. The maximum atomic E-state index is 16.4. The average molecular weight is 1050 g/mol. The second kappa shape index (κ2) is 19.7. The van der Waals surface area contributed by atoms with E-state index in [1.807, 2.05) is 90.9 Å². The van der Waals surface area contributed by atoms with Crippen LogP contribution in [-0.2, 0) is 17.0 Å². The van der Waals surface area contributed by atoms with E-state index in [2.05, 4.69) is 0 Å². The van der Waals surface area contributed by atoms with E-state index in [9.17, 15) is 13.2 Å². The molecule has 1 aliphatic heterocycles. The zero-order chi connectivity index (χ0) is 54.9. The van der Waals surface area contributed by atoms with Crippen LogP contribution in [0.15, 0.2) is 138 Å². The van der Waals surface area contributed by atoms with Gasteiger partial charge in [0.25, 0.3) is 0 Å². The Morgan fingerprint density at radius 2 is 0.934 bits per heavy atom. The summed E-state index contributed by atoms with van der Waals surface area (Å²) >= 11 is 0. The van der Waals surface area contributed by atoms with E-state index < -0.39 is 88.0 Å². The molecule has 0 fully saturated rings. The fraction of sp³-hybridized carbons (Fsp3) is 0.183. The number of benzene rings is 7. The summed E-state index contributed by atoms with van der Waals surface area (Å²) in [5, 5.41) is 0. The Kier molecular flexibility index (Phi) is 13.7. The van der Waals surface area contributed by atoms with E-state index >= 15 is 35.1 Å². The molecule has 0 bridgehead atoms. The molecule has 76 heavy (non-hydrogen) atoms. The molecule has 7 aromatic carbocycles. The highest BCUT2D eigenvalue weighted by molar-refractivity contribution is 6.46. The standard InChI is InChI=1S/C60H46BF11N2O2/c1-31-18-20-36(21-19-31)53-39-16-12-13-17-40(39)54(73-53)43(35-14-10-9-11-15-35)55-41(33-22-26-37(27-23-33)58(3,4)5)30-42(34-24-28-38(29-25-34)59(6,7)8)74(55)61(75-56-49(66)45(62)32(2)46(63)50(56)67)76-57-51(68)47(64)44(60(70,71)72)48(65)52(57)69/h9-30H,1-8H3/b54-43-. The SMILES string of the molecule is Cc1ccc(C2=N/C(=C(/c3ccccc3)c3c(-c4ccc(C(C)(C)C)cc4)cc(-c4ccc(C(C)(C)C)cc4)n3B(Oc3c(F)c(F)c(C)c(F)c3F)Oc3c(F)c(F)c(C(F)(F)F)c(F)c3F)c3ccccc32)cc1. The molecule has 0 atom stereocenters. The first-order valence-electron chi connectivity index (χ1n) is 23.9. The second-order valence-corrected chi connectivity index (χ2v) is 20.5. The van der Waals surface area contributed by atoms with Crippen LogP contribution in [-0.4, -0.2) is 17.4 Å². The number of fused-ring (bicyclic) bond motifs is 1. The van der Waals surface area contributed by atoms with Crippen molar-refractivity contribution in [3.63, 3.8) is 0 Å². The Morgan fingerprint density at radius 3 is 1.42 bits per heavy atom. The van der Waals surface area contributed by atoms with E-state index in [-0.39, 0.29) is 39.2 Å². The van der Waals surface area contributed by atoms with Gasteiger partial charge >= 0.3 is 13.4 Å². The molecule has 2 heterocycles. The van der Waals surface area contributed by atoms with Crippen molar-refractivity contribution in [2.45, 2.75) is 72.4 Å². The summed E-state index contributed by atoms with van der Waals surface area (Å²) in [5.74, 6) is -23.7. The van der Waals surface area contributed by atoms with Gasteiger partial charge in [0, 0.05) is 39.1 Å². The molecule has 0 unspecified atom stereocenters. The quantitative estimate of drug-likeness (QED) is 0.0777. The predicted octanol–water partition coefficient (Wildman–Crippen LogP) is 16.9. The van der Waals surface area contributed by atoms with Crippen LogP contribution in [0.3, 0.4) is 0 Å². The second-order valence-electron chi connectivity index (χ2n) is 20.5. The van der Waals surface area contributed by atoms with Gasteiger partial charge in [0.15, 0.2) is 34.8 Å². The Morgan fingerprint density at radius 1 is 0.487 bits per heavy atom. The summed E-state index contributed by atoms with van der Waals surface area (Å²) in [6.45, 7) is 14.4. The number of aliphatic imine (C=N–C) groups is 1. The summed E-state index contributed by atoms with van der Waals surface area (Å²) in [5.41, 5.74) is 1.53. The summed E-state index contributed by atoms with van der Waals surface area (Å²) in [6.07, 6.45) is -5.99. The van der Waals surface area contributed by atoms with E-state index in [1.54, 1.807) is 91.0 Å². The van der Waals surface area contributed by atoms with Gasteiger partial charge in [-0.2, -0.15) is 30.7 Å². The van der Waals surface area contributed by atoms with Gasteiger partial charge in [0.05, 0.1) is 17.1 Å². The molecule has 16 heteroatoms. The molecule has 1 aromatic heterocycles. The van der Waals surface area contributed by atoms with Crippen LogP contribution in [0.2, 0.25) is 0 Å². The third-order valence-corrected chi connectivity index (χ3v) is 13.3. The highest BCUT2D eigenvalue weighted by Crippen LogP contribution is 2.48. The van der Waals surface area contributed by atoms with Crippen molar-refractivity contribution >= 4 is 24.2 Å². The van der Waals surface area contributed by atoms with Gasteiger partial charge in [0.2, 0.25) is 23.3 Å². The van der Waals surface area contributed by atoms with E-state index in [0.717, 1.165) is 28.1 Å². The van der Waals surface area contributed by atoms with Gasteiger partial charge in [0.1, 0.15) is 5.56 Å². The molecular weight excluding hydrogens is 1000 g/mol. The number of halogens is 11. The van der Waals surface area contributed by atoms with Gasteiger partial charge in [-0.15, -0.1) is 0 Å². The van der Waals surface area contributed by atoms with Crippen molar-refractivity contribution in [1.82, 2.24) is 4.48 Å². The number of nitrogens with zero attached hydrogens (tertiary/aromatic N) is 2. The first-order chi connectivity index (χ1) is 35.8. The normalized spacial score (nSPS) is 13.4. The van der Waals surface area contributed by atoms with Gasteiger partial charge < -0.3 is 13.8 Å². The Labute approximate surface area is 432 Å². The van der Waals surface area contributed by atoms with Gasteiger partial charge in [-0.1, -0.05) is 174 Å². The molecule has 0 spiro atoms. The van der Waals surface area contributed by atoms with Crippen molar-refractivity contribution in [2.24, 2.45) is 4.99 Å². The number of rotatable bonds is 10. The number of hydrogen-bond donors (Lipinski definition) is 0. The molecular formula is C60H46BF11N2O2. The minimum absolute atomic E-state index is 0.0825. The maximum Gasteiger partial charge on any atom is 0.743 e. The van der Waals surface area contributed by atoms with Crippen LogP contribution >= 0.6 is 0 Å². The maximum absolute atomic E-state index is 16.4. The molecule has 9 rings (SSSR count). The zero-order valence-electron chi connectivity index (χ0n) is 42.1. The van der Waals surface area contributed by atoms with E-state index in [4.69, 9.17) is 14.3 Å². The average Bonchev–Trinajstić information content (AvgIpc) is 3.99. The molecule has 0 saturated carbocycles. The topological polar surface area (TPSA) is 35.8 Å². The number of hydrogen-bond acceptors (Lipinski definition) is 3. The lowest BCUT2D eigenvalue weighted by Gasteiger charge is -2.25. The van der Waals surface area contributed by atoms with Crippen molar-refractivity contribution in [3.8, 4) is 33.9 Å². The van der Waals surface area contributed by atoms with Crippen molar-refractivity contribution in [3.05, 3.63) is 236 Å². The summed E-state index contributed by atoms with van der Waals surface area (Å²) in [7, 11) is -2.93. The highest BCUT2D eigenvalue weighted by atomic mass is 19.4. The smallest absolute Gasteiger partial charge is 0.502 e. The monoisotopic (exact) mass is 1050 g/mol. The van der Waals surface area contributed by atoms with Crippen LogP contribution < -0.4 is 9.31 Å². The molecule has 0 radical (unpaired) electrons. The fourth-order valence-corrected chi connectivity index (χ4v) is 9.09. The minimum atomic E-state index is -5.99. The molecule has 0 amide bonds. The lowest BCUT2D eigenvalue weighted by atomic mass is 9.85. The van der Waals surface area contributed by atoms with Crippen molar-refractivity contribution in [2.75, 3.05) is 0 Å². The summed E-state index contributed by atoms with van der Waals surface area (Å²) in [6, 6.07) is 38.6.